The maximum atomic E-state index is 12.2. The van der Waals surface area contributed by atoms with Crippen LogP contribution in [0.25, 0.3) is 0 Å². The third-order valence-electron chi connectivity index (χ3n) is 3.36. The molecule has 3 N–H and O–H groups in total. The number of anilines is 2. The van der Waals surface area contributed by atoms with Crippen molar-refractivity contribution in [3.05, 3.63) is 4.88 Å². The molecule has 2 rings (SSSR count). The van der Waals surface area contributed by atoms with E-state index in [1.54, 1.807) is 11.8 Å². The van der Waals surface area contributed by atoms with Crippen LogP contribution in [0.2, 0.25) is 0 Å². The number of nitrogen functional groups attached to an aromatic ring is 1. The lowest BCUT2D eigenvalue weighted by atomic mass is 10.3. The number of nitrogens with zero attached hydrogens (tertiary/aromatic N) is 1. The van der Waals surface area contributed by atoms with E-state index < -0.39 is 0 Å². The number of nitrogens with two attached hydrogens (primary N) is 1. The first kappa shape index (κ1) is 16.5. The van der Waals surface area contributed by atoms with E-state index in [1.807, 2.05) is 13.2 Å². The molecule has 0 radical (unpaired) electrons. The van der Waals surface area contributed by atoms with Gasteiger partial charge in [0.1, 0.15) is 9.88 Å². The number of morpholine rings is 1. The highest BCUT2D eigenvalue weighted by atomic mass is 32.2. The Kier molecular flexibility index (Phi) is 5.78. The number of rotatable bonds is 5. The number of nitrogens with one attached hydrogen (secondary N) is 1. The minimum atomic E-state index is -0.0674. The van der Waals surface area contributed by atoms with Gasteiger partial charge in [-0.2, -0.15) is 0 Å². The molecular formula is C14H23N3O2S2. The number of thiophene rings is 1. The maximum absolute atomic E-state index is 12.2. The Morgan fingerprint density at radius 3 is 3.00 bits per heavy atom. The highest BCUT2D eigenvalue weighted by Crippen LogP contribution is 2.44. The first-order chi connectivity index (χ1) is 10.1. The first-order valence-corrected chi connectivity index (χ1v) is 9.23. The molecule has 0 spiro atoms. The molecule has 1 amide bonds. The molecule has 0 saturated carbocycles. The van der Waals surface area contributed by atoms with Crippen molar-refractivity contribution in [1.29, 1.82) is 0 Å². The summed E-state index contributed by atoms with van der Waals surface area (Å²) in [5, 5.41) is 4.00. The molecule has 0 bridgehead atoms. The fourth-order valence-corrected chi connectivity index (χ4v) is 4.45. The summed E-state index contributed by atoms with van der Waals surface area (Å²) in [6, 6.07) is 0. The van der Waals surface area contributed by atoms with E-state index in [0.717, 1.165) is 29.4 Å². The van der Waals surface area contributed by atoms with E-state index in [1.165, 1.54) is 11.3 Å². The summed E-state index contributed by atoms with van der Waals surface area (Å²) in [5.74, 6) is -0.0674. The first-order valence-electron chi connectivity index (χ1n) is 7.19. The van der Waals surface area contributed by atoms with Gasteiger partial charge in [-0.3, -0.25) is 4.79 Å². The van der Waals surface area contributed by atoms with E-state index in [9.17, 15) is 4.79 Å². The van der Waals surface area contributed by atoms with Crippen molar-refractivity contribution >= 4 is 39.7 Å². The van der Waals surface area contributed by atoms with Gasteiger partial charge >= 0.3 is 0 Å². The fourth-order valence-electron chi connectivity index (χ4n) is 2.31. The van der Waals surface area contributed by atoms with Gasteiger partial charge in [-0.25, -0.2) is 0 Å². The lowest BCUT2D eigenvalue weighted by Crippen LogP contribution is -2.40. The molecule has 1 aromatic heterocycles. The van der Waals surface area contributed by atoms with E-state index in [-0.39, 0.29) is 12.0 Å². The molecular weight excluding hydrogens is 306 g/mol. The maximum Gasteiger partial charge on any atom is 0.263 e. The summed E-state index contributed by atoms with van der Waals surface area (Å²) in [6.45, 7) is 7.17. The van der Waals surface area contributed by atoms with Crippen LogP contribution < -0.4 is 16.0 Å². The predicted molar refractivity (Wildman–Crippen MR) is 90.8 cm³/mol. The molecule has 1 aliphatic heterocycles. The zero-order chi connectivity index (χ0) is 15.4. The van der Waals surface area contributed by atoms with Gasteiger partial charge in [0.2, 0.25) is 0 Å². The molecule has 1 aromatic rings. The highest BCUT2D eigenvalue weighted by Gasteiger charge is 2.26. The van der Waals surface area contributed by atoms with Gasteiger partial charge in [-0.1, -0.05) is 6.92 Å². The minimum Gasteiger partial charge on any atom is -0.396 e. The van der Waals surface area contributed by atoms with E-state index in [0.29, 0.717) is 23.7 Å². The van der Waals surface area contributed by atoms with Gasteiger partial charge in [0.05, 0.1) is 23.3 Å². The molecule has 118 valence electrons. The zero-order valence-corrected chi connectivity index (χ0v) is 14.4. The van der Waals surface area contributed by atoms with Gasteiger partial charge in [0, 0.05) is 19.6 Å². The summed E-state index contributed by atoms with van der Waals surface area (Å²) < 4.78 is 5.59. The van der Waals surface area contributed by atoms with Crippen LogP contribution >= 0.6 is 23.1 Å². The van der Waals surface area contributed by atoms with Gasteiger partial charge < -0.3 is 20.7 Å². The number of ether oxygens (including phenoxy) is 1. The molecule has 2 heterocycles. The summed E-state index contributed by atoms with van der Waals surface area (Å²) in [4.78, 5) is 16.1. The Morgan fingerprint density at radius 1 is 1.62 bits per heavy atom. The summed E-state index contributed by atoms with van der Waals surface area (Å²) in [6.07, 6.45) is 3.12. The Morgan fingerprint density at radius 2 is 2.38 bits per heavy atom. The monoisotopic (exact) mass is 329 g/mol. The van der Waals surface area contributed by atoms with Crippen LogP contribution in [0.3, 0.4) is 0 Å². The van der Waals surface area contributed by atoms with Crippen molar-refractivity contribution in [1.82, 2.24) is 5.32 Å². The van der Waals surface area contributed by atoms with Gasteiger partial charge in [-0.05, 0) is 19.6 Å². The van der Waals surface area contributed by atoms with Crippen LogP contribution in [0.1, 0.15) is 29.9 Å². The van der Waals surface area contributed by atoms with Crippen molar-refractivity contribution in [2.45, 2.75) is 31.3 Å². The molecule has 1 aliphatic rings. The molecule has 0 aromatic carbocycles. The van der Waals surface area contributed by atoms with Crippen molar-refractivity contribution in [3.8, 4) is 0 Å². The molecule has 1 fully saturated rings. The van der Waals surface area contributed by atoms with E-state index in [4.69, 9.17) is 10.5 Å². The molecule has 1 saturated heterocycles. The minimum absolute atomic E-state index is 0.0674. The Balaban J connectivity index is 2.27. The molecule has 0 aliphatic carbocycles. The number of hydrogen-bond donors (Lipinski definition) is 2. The standard InChI is InChI=1S/C14H23N3O2S2/c1-4-5-16-13(18)11-10(15)12(20-3)14(21-11)17-6-7-19-9(2)8-17/h9H,4-8,15H2,1-3H3,(H,16,18). The SMILES string of the molecule is CCCNC(=O)c1sc(N2CCOC(C)C2)c(SC)c1N. The van der Waals surface area contributed by atoms with Crippen LogP contribution in [0.15, 0.2) is 4.90 Å². The summed E-state index contributed by atoms with van der Waals surface area (Å²) in [5.41, 5.74) is 6.81. The molecule has 21 heavy (non-hydrogen) atoms. The zero-order valence-electron chi connectivity index (χ0n) is 12.8. The van der Waals surface area contributed by atoms with Crippen LogP contribution in [0.4, 0.5) is 10.7 Å². The van der Waals surface area contributed by atoms with Crippen molar-refractivity contribution < 1.29 is 9.53 Å². The predicted octanol–water partition coefficient (Wildman–Crippen LogP) is 2.42. The Labute approximate surface area is 134 Å². The van der Waals surface area contributed by atoms with Crippen molar-refractivity contribution in [3.63, 3.8) is 0 Å². The number of carbonyl (C=O) groups excluding carboxylic acids is 1. The Hall–Kier alpha value is -0.920. The number of hydrogen-bond acceptors (Lipinski definition) is 6. The normalized spacial score (nSPS) is 18.8. The quantitative estimate of drug-likeness (QED) is 0.812. The lowest BCUT2D eigenvalue weighted by molar-refractivity contribution is 0.0533. The average Bonchev–Trinajstić information content (AvgIpc) is 2.81. The molecule has 7 heteroatoms. The van der Waals surface area contributed by atoms with E-state index >= 15 is 0 Å². The molecule has 1 unspecified atom stereocenters. The van der Waals surface area contributed by atoms with Gasteiger partial charge in [0.15, 0.2) is 0 Å². The van der Waals surface area contributed by atoms with Gasteiger partial charge in [-0.15, -0.1) is 23.1 Å². The van der Waals surface area contributed by atoms with Crippen LogP contribution in [-0.2, 0) is 4.74 Å². The smallest absolute Gasteiger partial charge is 0.263 e. The summed E-state index contributed by atoms with van der Waals surface area (Å²) in [7, 11) is 0. The third kappa shape index (κ3) is 3.64. The second-order valence-corrected chi connectivity index (χ2v) is 6.88. The second-order valence-electron chi connectivity index (χ2n) is 5.07. The number of carbonyl (C=O) groups is 1. The van der Waals surface area contributed by atoms with E-state index in [2.05, 4.69) is 17.1 Å². The number of amides is 1. The van der Waals surface area contributed by atoms with Crippen LogP contribution in [0.5, 0.6) is 0 Å². The topological polar surface area (TPSA) is 67.6 Å². The van der Waals surface area contributed by atoms with Gasteiger partial charge in [0.25, 0.3) is 5.91 Å². The largest absolute Gasteiger partial charge is 0.396 e. The molecule has 5 nitrogen and oxygen atoms in total. The average molecular weight is 329 g/mol. The van der Waals surface area contributed by atoms with Crippen molar-refractivity contribution in [2.24, 2.45) is 0 Å². The second kappa shape index (κ2) is 7.38. The third-order valence-corrected chi connectivity index (χ3v) is 5.57. The van der Waals surface area contributed by atoms with Crippen LogP contribution in [-0.4, -0.2) is 44.5 Å². The lowest BCUT2D eigenvalue weighted by Gasteiger charge is -2.32. The van der Waals surface area contributed by atoms with Crippen LogP contribution in [0, 0.1) is 0 Å². The Bertz CT molecular complexity index is 505. The highest BCUT2D eigenvalue weighted by molar-refractivity contribution is 7.99. The summed E-state index contributed by atoms with van der Waals surface area (Å²) >= 11 is 3.09. The van der Waals surface area contributed by atoms with Crippen molar-refractivity contribution in [2.75, 3.05) is 43.1 Å². The fraction of sp³-hybridized carbons (Fsp3) is 0.643. The number of thioether (sulfide) groups is 1. The molecule has 1 atom stereocenters.